The second kappa shape index (κ2) is 7.87. The third-order valence-corrected chi connectivity index (χ3v) is 4.26. The number of hydrogen-bond donors (Lipinski definition) is 1. The lowest BCUT2D eigenvalue weighted by atomic mass is 9.96. The van der Waals surface area contributed by atoms with Crippen LogP contribution in [0.15, 0.2) is 52.9 Å². The first kappa shape index (κ1) is 19.0. The van der Waals surface area contributed by atoms with Crippen molar-refractivity contribution in [3.63, 3.8) is 0 Å². The number of primary amides is 1. The molecule has 0 aliphatic rings. The highest BCUT2D eigenvalue weighted by Crippen LogP contribution is 2.40. The van der Waals surface area contributed by atoms with Gasteiger partial charge in [0.2, 0.25) is 5.76 Å². The highest BCUT2D eigenvalue weighted by Gasteiger charge is 2.30. The summed E-state index contributed by atoms with van der Waals surface area (Å²) < 4.78 is 20.9. The fourth-order valence-corrected chi connectivity index (χ4v) is 2.88. The van der Waals surface area contributed by atoms with Crippen LogP contribution in [0.5, 0.6) is 11.5 Å². The predicted octanol–water partition coefficient (Wildman–Crippen LogP) is 3.52. The van der Waals surface area contributed by atoms with Crippen molar-refractivity contribution in [2.24, 2.45) is 5.73 Å². The molecular weight excluding hydrogens is 362 g/mol. The highest BCUT2D eigenvalue weighted by atomic mass is 16.5. The minimum atomic E-state index is -0.797. The van der Waals surface area contributed by atoms with Crippen LogP contribution < -0.4 is 15.2 Å². The van der Waals surface area contributed by atoms with Gasteiger partial charge in [0.05, 0.1) is 21.3 Å². The monoisotopic (exact) mass is 381 g/mol. The second-order valence-corrected chi connectivity index (χ2v) is 5.82. The summed E-state index contributed by atoms with van der Waals surface area (Å²) in [6.07, 6.45) is 0. The molecule has 0 fully saturated rings. The largest absolute Gasteiger partial charge is 0.497 e. The van der Waals surface area contributed by atoms with E-state index in [1.54, 1.807) is 62.8 Å². The first-order valence-electron chi connectivity index (χ1n) is 8.34. The smallest absolute Gasteiger partial charge is 0.374 e. The molecule has 1 aromatic heterocycles. The summed E-state index contributed by atoms with van der Waals surface area (Å²) in [7, 11) is 4.32. The fraction of sp³-hybridized carbons (Fsp3) is 0.143. The Morgan fingerprint density at radius 2 is 1.32 bits per heavy atom. The molecular formula is C21H19NO6. The van der Waals surface area contributed by atoms with Crippen molar-refractivity contribution in [3.8, 4) is 33.9 Å². The third-order valence-electron chi connectivity index (χ3n) is 4.26. The Morgan fingerprint density at radius 3 is 1.75 bits per heavy atom. The molecule has 3 aromatic rings. The molecule has 0 unspecified atom stereocenters. The Hall–Kier alpha value is -3.74. The molecule has 0 spiro atoms. The van der Waals surface area contributed by atoms with Crippen molar-refractivity contribution in [1.82, 2.24) is 0 Å². The Balaban J connectivity index is 2.29. The van der Waals surface area contributed by atoms with Crippen LogP contribution >= 0.6 is 0 Å². The summed E-state index contributed by atoms with van der Waals surface area (Å²) in [5.41, 5.74) is 7.23. The van der Waals surface area contributed by atoms with Crippen molar-refractivity contribution >= 4 is 11.9 Å². The normalized spacial score (nSPS) is 10.4. The number of amides is 1. The van der Waals surface area contributed by atoms with Crippen LogP contribution in [0.25, 0.3) is 22.5 Å². The average molecular weight is 381 g/mol. The van der Waals surface area contributed by atoms with Gasteiger partial charge in [-0.2, -0.15) is 0 Å². The topological polar surface area (TPSA) is 101 Å². The van der Waals surface area contributed by atoms with E-state index < -0.39 is 11.9 Å². The van der Waals surface area contributed by atoms with E-state index in [1.165, 1.54) is 7.11 Å². The zero-order valence-electron chi connectivity index (χ0n) is 15.6. The predicted molar refractivity (Wildman–Crippen MR) is 103 cm³/mol. The molecule has 0 radical (unpaired) electrons. The third kappa shape index (κ3) is 3.42. The molecule has 0 saturated carbocycles. The maximum absolute atomic E-state index is 12.2. The number of carbonyl (C=O) groups is 2. The molecule has 3 rings (SSSR count). The molecule has 1 heterocycles. The number of esters is 1. The van der Waals surface area contributed by atoms with Gasteiger partial charge in [0.15, 0.2) is 0 Å². The summed E-state index contributed by atoms with van der Waals surface area (Å²) in [5, 5.41) is 0. The van der Waals surface area contributed by atoms with Crippen LogP contribution in [0.4, 0.5) is 0 Å². The van der Waals surface area contributed by atoms with Crippen LogP contribution in [0.3, 0.4) is 0 Å². The maximum Gasteiger partial charge on any atom is 0.374 e. The lowest BCUT2D eigenvalue weighted by Crippen LogP contribution is -2.16. The molecule has 0 aliphatic carbocycles. The van der Waals surface area contributed by atoms with Gasteiger partial charge in [0.25, 0.3) is 5.91 Å². The van der Waals surface area contributed by atoms with Gasteiger partial charge in [-0.15, -0.1) is 0 Å². The van der Waals surface area contributed by atoms with Crippen LogP contribution in [0.2, 0.25) is 0 Å². The summed E-state index contributed by atoms with van der Waals surface area (Å²) in [6.45, 7) is 0. The highest BCUT2D eigenvalue weighted by molar-refractivity contribution is 6.10. The lowest BCUT2D eigenvalue weighted by molar-refractivity contribution is 0.0562. The van der Waals surface area contributed by atoms with Gasteiger partial charge in [0, 0.05) is 11.1 Å². The van der Waals surface area contributed by atoms with Gasteiger partial charge in [-0.25, -0.2) is 4.79 Å². The summed E-state index contributed by atoms with van der Waals surface area (Å²) in [5.74, 6) is -0.205. The van der Waals surface area contributed by atoms with E-state index in [1.807, 2.05) is 0 Å². The molecule has 7 nitrogen and oxygen atoms in total. The number of benzene rings is 2. The van der Waals surface area contributed by atoms with E-state index in [0.29, 0.717) is 33.9 Å². The molecule has 0 saturated heterocycles. The van der Waals surface area contributed by atoms with Crippen LogP contribution in [0.1, 0.15) is 20.9 Å². The SMILES string of the molecule is COC(=O)c1oc(-c2ccc(OC)cc2)c(-c2ccc(OC)cc2)c1C(N)=O. The van der Waals surface area contributed by atoms with E-state index in [-0.39, 0.29) is 11.3 Å². The van der Waals surface area contributed by atoms with Gasteiger partial charge in [-0.1, -0.05) is 12.1 Å². The van der Waals surface area contributed by atoms with Crippen LogP contribution in [-0.2, 0) is 4.74 Å². The standard InChI is InChI=1S/C21H19NO6/c1-25-14-8-4-12(5-9-14)16-17(20(22)23)19(21(24)27-3)28-18(16)13-6-10-15(26-2)11-7-13/h4-11H,1-3H3,(H2,22,23). The summed E-state index contributed by atoms with van der Waals surface area (Å²) in [6, 6.07) is 14.0. The van der Waals surface area contributed by atoms with Crippen LogP contribution in [-0.4, -0.2) is 33.2 Å². The van der Waals surface area contributed by atoms with E-state index in [9.17, 15) is 9.59 Å². The van der Waals surface area contributed by atoms with Crippen molar-refractivity contribution < 1.29 is 28.2 Å². The van der Waals surface area contributed by atoms with Crippen molar-refractivity contribution in [2.45, 2.75) is 0 Å². The van der Waals surface area contributed by atoms with Gasteiger partial charge in [-0.05, 0) is 42.0 Å². The second-order valence-electron chi connectivity index (χ2n) is 5.82. The van der Waals surface area contributed by atoms with Gasteiger partial charge in [0.1, 0.15) is 22.8 Å². The van der Waals surface area contributed by atoms with E-state index in [4.69, 9.17) is 24.4 Å². The number of methoxy groups -OCH3 is 3. The Kier molecular flexibility index (Phi) is 5.35. The minimum absolute atomic E-state index is 0.0390. The number of furan rings is 1. The molecule has 2 aromatic carbocycles. The average Bonchev–Trinajstić information content (AvgIpc) is 3.14. The quantitative estimate of drug-likeness (QED) is 0.656. The molecule has 0 bridgehead atoms. The lowest BCUT2D eigenvalue weighted by Gasteiger charge is -2.07. The summed E-state index contributed by atoms with van der Waals surface area (Å²) >= 11 is 0. The first-order valence-corrected chi connectivity index (χ1v) is 8.34. The zero-order valence-corrected chi connectivity index (χ0v) is 15.6. The molecule has 7 heteroatoms. The van der Waals surface area contributed by atoms with Gasteiger partial charge in [-0.3, -0.25) is 4.79 Å². The van der Waals surface area contributed by atoms with Crippen molar-refractivity contribution in [3.05, 3.63) is 59.9 Å². The number of hydrogen-bond acceptors (Lipinski definition) is 6. The van der Waals surface area contributed by atoms with E-state index in [2.05, 4.69) is 0 Å². The number of ether oxygens (including phenoxy) is 3. The van der Waals surface area contributed by atoms with Gasteiger partial charge >= 0.3 is 5.97 Å². The molecule has 0 aliphatic heterocycles. The molecule has 1 amide bonds. The molecule has 144 valence electrons. The van der Waals surface area contributed by atoms with Crippen molar-refractivity contribution in [2.75, 3.05) is 21.3 Å². The maximum atomic E-state index is 12.2. The number of nitrogens with two attached hydrogens (primary N) is 1. The Morgan fingerprint density at radius 1 is 0.821 bits per heavy atom. The van der Waals surface area contributed by atoms with Gasteiger partial charge < -0.3 is 24.4 Å². The van der Waals surface area contributed by atoms with E-state index in [0.717, 1.165) is 0 Å². The summed E-state index contributed by atoms with van der Waals surface area (Å²) in [4.78, 5) is 24.4. The van der Waals surface area contributed by atoms with E-state index >= 15 is 0 Å². The first-order chi connectivity index (χ1) is 13.5. The fourth-order valence-electron chi connectivity index (χ4n) is 2.88. The number of rotatable bonds is 6. The van der Waals surface area contributed by atoms with Crippen molar-refractivity contribution in [1.29, 1.82) is 0 Å². The number of carbonyl (C=O) groups excluding carboxylic acids is 2. The molecule has 2 N–H and O–H groups in total. The minimum Gasteiger partial charge on any atom is -0.497 e. The Labute approximate surface area is 161 Å². The Bertz CT molecular complexity index is 1000. The molecule has 28 heavy (non-hydrogen) atoms. The van der Waals surface area contributed by atoms with Crippen LogP contribution in [0, 0.1) is 0 Å². The molecule has 0 atom stereocenters. The zero-order chi connectivity index (χ0) is 20.3.